The van der Waals surface area contributed by atoms with Gasteiger partial charge in [0.1, 0.15) is 16.4 Å². The number of hydrogen-bond acceptors (Lipinski definition) is 5. The first kappa shape index (κ1) is 19.2. The lowest BCUT2D eigenvalue weighted by atomic mass is 10.0. The zero-order valence-electron chi connectivity index (χ0n) is 15.3. The van der Waals surface area contributed by atoms with Crippen molar-refractivity contribution in [2.75, 3.05) is 32.2 Å². The SMILES string of the molecule is COc1ccc(OC)c(S(=O)(=O)NCC(=O)N2CCCc3ccccc32)c1. The van der Waals surface area contributed by atoms with Crippen LogP contribution < -0.4 is 19.1 Å². The molecular formula is C19H22N2O5S. The van der Waals surface area contributed by atoms with Crippen LogP contribution in [0.15, 0.2) is 47.4 Å². The van der Waals surface area contributed by atoms with Crippen molar-refractivity contribution >= 4 is 21.6 Å². The largest absolute Gasteiger partial charge is 0.497 e. The Morgan fingerprint density at radius 2 is 1.93 bits per heavy atom. The first-order valence-electron chi connectivity index (χ1n) is 8.56. The lowest BCUT2D eigenvalue weighted by molar-refractivity contribution is -0.117. The first-order valence-corrected chi connectivity index (χ1v) is 10.0. The van der Waals surface area contributed by atoms with Crippen LogP contribution in [0, 0.1) is 0 Å². The molecule has 1 N–H and O–H groups in total. The number of sulfonamides is 1. The minimum atomic E-state index is -3.95. The van der Waals surface area contributed by atoms with Crippen LogP contribution in [0.25, 0.3) is 0 Å². The quantitative estimate of drug-likeness (QED) is 0.815. The number of methoxy groups -OCH3 is 2. The number of benzene rings is 2. The van der Waals surface area contributed by atoms with Gasteiger partial charge in [-0.1, -0.05) is 18.2 Å². The van der Waals surface area contributed by atoms with Crippen LogP contribution >= 0.6 is 0 Å². The molecule has 2 aromatic carbocycles. The Kier molecular flexibility index (Phi) is 5.67. The van der Waals surface area contributed by atoms with Crippen molar-refractivity contribution in [1.82, 2.24) is 4.72 Å². The topological polar surface area (TPSA) is 84.9 Å². The highest BCUT2D eigenvalue weighted by Crippen LogP contribution is 2.29. The molecule has 27 heavy (non-hydrogen) atoms. The van der Waals surface area contributed by atoms with Gasteiger partial charge in [0.15, 0.2) is 0 Å². The molecule has 0 fully saturated rings. The molecule has 0 unspecified atom stereocenters. The maximum atomic E-state index is 12.7. The second kappa shape index (κ2) is 7.98. The van der Waals surface area contributed by atoms with Crippen molar-refractivity contribution in [1.29, 1.82) is 0 Å². The summed E-state index contributed by atoms with van der Waals surface area (Å²) in [6, 6.07) is 12.2. The predicted molar refractivity (Wildman–Crippen MR) is 102 cm³/mol. The van der Waals surface area contributed by atoms with Crippen LogP contribution in [-0.4, -0.2) is 41.6 Å². The average Bonchev–Trinajstić information content (AvgIpc) is 2.71. The zero-order valence-corrected chi connectivity index (χ0v) is 16.1. The highest BCUT2D eigenvalue weighted by atomic mass is 32.2. The van der Waals surface area contributed by atoms with E-state index >= 15 is 0 Å². The third kappa shape index (κ3) is 4.06. The van der Waals surface area contributed by atoms with E-state index in [0.29, 0.717) is 12.3 Å². The lowest BCUT2D eigenvalue weighted by Crippen LogP contribution is -2.42. The van der Waals surface area contributed by atoms with E-state index in [1.807, 2.05) is 24.3 Å². The van der Waals surface area contributed by atoms with Crippen LogP contribution in [-0.2, 0) is 21.2 Å². The van der Waals surface area contributed by atoms with Gasteiger partial charge in [-0.05, 0) is 36.6 Å². The smallest absolute Gasteiger partial charge is 0.244 e. The van der Waals surface area contributed by atoms with E-state index in [9.17, 15) is 13.2 Å². The summed E-state index contributed by atoms with van der Waals surface area (Å²) in [5.74, 6) is 0.263. The molecular weight excluding hydrogens is 368 g/mol. The fraction of sp³-hybridized carbons (Fsp3) is 0.316. The van der Waals surface area contributed by atoms with E-state index in [4.69, 9.17) is 9.47 Å². The Morgan fingerprint density at radius 1 is 1.15 bits per heavy atom. The second-order valence-corrected chi connectivity index (χ2v) is 7.85. The van der Waals surface area contributed by atoms with E-state index in [1.165, 1.54) is 26.4 Å². The maximum absolute atomic E-state index is 12.7. The number of carbonyl (C=O) groups excluding carboxylic acids is 1. The molecule has 0 aliphatic carbocycles. The van der Waals surface area contributed by atoms with Gasteiger partial charge in [0.05, 0.1) is 20.8 Å². The van der Waals surface area contributed by atoms with Gasteiger partial charge in [-0.25, -0.2) is 13.1 Å². The zero-order chi connectivity index (χ0) is 19.4. The molecule has 1 aliphatic rings. The number of fused-ring (bicyclic) bond motifs is 1. The molecule has 1 amide bonds. The van der Waals surface area contributed by atoms with Gasteiger partial charge in [0, 0.05) is 18.3 Å². The van der Waals surface area contributed by atoms with E-state index < -0.39 is 10.0 Å². The van der Waals surface area contributed by atoms with Crippen molar-refractivity contribution in [3.8, 4) is 11.5 Å². The fourth-order valence-corrected chi connectivity index (χ4v) is 4.27. The van der Waals surface area contributed by atoms with Gasteiger partial charge in [-0.3, -0.25) is 4.79 Å². The van der Waals surface area contributed by atoms with Crippen molar-refractivity contribution in [3.63, 3.8) is 0 Å². The van der Waals surface area contributed by atoms with Gasteiger partial charge in [0.25, 0.3) is 0 Å². The Labute approximate surface area is 158 Å². The number of anilines is 1. The summed E-state index contributed by atoms with van der Waals surface area (Å²) in [6.07, 6.45) is 1.76. The summed E-state index contributed by atoms with van der Waals surface area (Å²) in [5.41, 5.74) is 1.93. The summed E-state index contributed by atoms with van der Waals surface area (Å²) in [4.78, 5) is 14.2. The monoisotopic (exact) mass is 390 g/mol. The number of nitrogens with one attached hydrogen (secondary N) is 1. The molecule has 0 spiro atoms. The van der Waals surface area contributed by atoms with Crippen LogP contribution in [0.4, 0.5) is 5.69 Å². The molecule has 0 bridgehead atoms. The van der Waals surface area contributed by atoms with Gasteiger partial charge in [-0.2, -0.15) is 0 Å². The molecule has 0 saturated heterocycles. The number of para-hydroxylation sites is 1. The van der Waals surface area contributed by atoms with Crippen molar-refractivity contribution in [2.24, 2.45) is 0 Å². The van der Waals surface area contributed by atoms with Crippen molar-refractivity contribution in [3.05, 3.63) is 48.0 Å². The lowest BCUT2D eigenvalue weighted by Gasteiger charge is -2.29. The third-order valence-electron chi connectivity index (χ3n) is 4.49. The number of aryl methyl sites for hydroxylation is 1. The van der Waals surface area contributed by atoms with Gasteiger partial charge >= 0.3 is 0 Å². The standard InChI is InChI=1S/C19H22N2O5S/c1-25-15-9-10-17(26-2)18(12-15)27(23,24)20-13-19(22)21-11-5-7-14-6-3-4-8-16(14)21/h3-4,6,8-10,12,20H,5,7,11,13H2,1-2H3. The number of amides is 1. The Balaban J connectivity index is 1.78. The molecule has 0 saturated carbocycles. The number of ether oxygens (including phenoxy) is 2. The van der Waals surface area contributed by atoms with E-state index in [2.05, 4.69) is 4.72 Å². The first-order chi connectivity index (χ1) is 13.0. The molecule has 1 heterocycles. The summed E-state index contributed by atoms with van der Waals surface area (Å²) in [5, 5.41) is 0. The Hall–Kier alpha value is -2.58. The highest BCUT2D eigenvalue weighted by Gasteiger charge is 2.25. The van der Waals surface area contributed by atoms with E-state index in [1.54, 1.807) is 11.0 Å². The molecule has 7 nitrogen and oxygen atoms in total. The number of rotatable bonds is 6. The summed E-state index contributed by atoms with van der Waals surface area (Å²) >= 11 is 0. The summed E-state index contributed by atoms with van der Waals surface area (Å²) in [7, 11) is -1.12. The number of carbonyl (C=O) groups is 1. The van der Waals surface area contributed by atoms with E-state index in [-0.39, 0.29) is 23.1 Å². The minimum Gasteiger partial charge on any atom is -0.497 e. The predicted octanol–water partition coefficient (Wildman–Crippen LogP) is 1.96. The van der Waals surface area contributed by atoms with Crippen molar-refractivity contribution < 1.29 is 22.7 Å². The number of nitrogens with zero attached hydrogens (tertiary/aromatic N) is 1. The average molecular weight is 390 g/mol. The molecule has 3 rings (SSSR count). The molecule has 0 radical (unpaired) electrons. The van der Waals surface area contributed by atoms with Gasteiger partial charge in [0.2, 0.25) is 15.9 Å². The fourth-order valence-electron chi connectivity index (χ4n) is 3.12. The molecule has 8 heteroatoms. The molecule has 0 atom stereocenters. The summed E-state index contributed by atoms with van der Waals surface area (Å²) in [6.45, 7) is 0.233. The van der Waals surface area contributed by atoms with E-state index in [0.717, 1.165) is 24.1 Å². The van der Waals surface area contributed by atoms with Crippen LogP contribution in [0.1, 0.15) is 12.0 Å². The van der Waals surface area contributed by atoms with Crippen LogP contribution in [0.2, 0.25) is 0 Å². The van der Waals surface area contributed by atoms with Crippen LogP contribution in [0.3, 0.4) is 0 Å². The molecule has 2 aromatic rings. The van der Waals surface area contributed by atoms with Crippen molar-refractivity contribution in [2.45, 2.75) is 17.7 Å². The Morgan fingerprint density at radius 3 is 2.67 bits per heavy atom. The normalized spacial score (nSPS) is 13.8. The molecule has 1 aliphatic heterocycles. The maximum Gasteiger partial charge on any atom is 0.244 e. The highest BCUT2D eigenvalue weighted by molar-refractivity contribution is 7.89. The molecule has 144 valence electrons. The Bertz CT molecular complexity index is 943. The number of hydrogen-bond donors (Lipinski definition) is 1. The molecule has 0 aromatic heterocycles. The van der Waals surface area contributed by atoms with Gasteiger partial charge < -0.3 is 14.4 Å². The van der Waals surface area contributed by atoms with Gasteiger partial charge in [-0.15, -0.1) is 0 Å². The second-order valence-electron chi connectivity index (χ2n) is 6.12. The third-order valence-corrected chi connectivity index (χ3v) is 5.91. The summed E-state index contributed by atoms with van der Waals surface area (Å²) < 4.78 is 38.0. The van der Waals surface area contributed by atoms with Crippen LogP contribution in [0.5, 0.6) is 11.5 Å². The minimum absolute atomic E-state index is 0.0730.